The van der Waals surface area contributed by atoms with E-state index in [2.05, 4.69) is 30.2 Å². The first-order valence-corrected chi connectivity index (χ1v) is 10.3. The Morgan fingerprint density at radius 3 is 2.29 bits per heavy atom. The van der Waals surface area contributed by atoms with Gasteiger partial charge >= 0.3 is 0 Å². The molecular formula is C22H25N7O2. The number of nitrogens with zero attached hydrogens (tertiary/aromatic N) is 6. The predicted molar refractivity (Wildman–Crippen MR) is 119 cm³/mol. The summed E-state index contributed by atoms with van der Waals surface area (Å²) >= 11 is 0. The number of aryl methyl sites for hydroxylation is 3. The Balaban J connectivity index is 1.43. The summed E-state index contributed by atoms with van der Waals surface area (Å²) in [4.78, 5) is 30.8. The van der Waals surface area contributed by atoms with Gasteiger partial charge in [-0.15, -0.1) is 0 Å². The molecule has 0 atom stereocenters. The van der Waals surface area contributed by atoms with Crippen LogP contribution < -0.4 is 10.2 Å². The Kier molecular flexibility index (Phi) is 5.75. The third-order valence-corrected chi connectivity index (χ3v) is 5.31. The molecule has 0 aliphatic carbocycles. The Bertz CT molecular complexity index is 1070. The second-order valence-corrected chi connectivity index (χ2v) is 7.84. The molecule has 3 aromatic rings. The molecule has 0 saturated carbocycles. The van der Waals surface area contributed by atoms with E-state index in [4.69, 9.17) is 0 Å². The van der Waals surface area contributed by atoms with Gasteiger partial charge in [0.05, 0.1) is 4.92 Å². The molecule has 4 rings (SSSR count). The molecule has 1 aliphatic rings. The van der Waals surface area contributed by atoms with E-state index in [1.54, 1.807) is 12.1 Å². The van der Waals surface area contributed by atoms with Crippen LogP contribution in [0.25, 0.3) is 11.4 Å². The maximum atomic E-state index is 10.9. The molecule has 31 heavy (non-hydrogen) atoms. The Morgan fingerprint density at radius 2 is 1.65 bits per heavy atom. The molecule has 1 N–H and O–H groups in total. The number of hydrogen-bond donors (Lipinski definition) is 1. The smallest absolute Gasteiger partial charge is 0.269 e. The zero-order chi connectivity index (χ0) is 22.0. The average molecular weight is 419 g/mol. The fourth-order valence-electron chi connectivity index (χ4n) is 3.83. The predicted octanol–water partition coefficient (Wildman–Crippen LogP) is 3.85. The van der Waals surface area contributed by atoms with Crippen molar-refractivity contribution in [2.75, 3.05) is 23.3 Å². The first kappa shape index (κ1) is 20.6. The standard InChI is InChI=1S/C22H25N7O2/c1-14-12-20(27-22(24-14)17-4-6-19(7-5-17)29(30)31)26-18-8-10-28(11-9-18)21-13-15(2)23-16(3)25-21/h4-7,12-13,18H,8-11H2,1-3H3,(H,24,26,27). The largest absolute Gasteiger partial charge is 0.367 e. The highest BCUT2D eigenvalue weighted by atomic mass is 16.6. The number of nitrogens with one attached hydrogen (secondary N) is 1. The van der Waals surface area contributed by atoms with Gasteiger partial charge in [0.15, 0.2) is 5.82 Å². The van der Waals surface area contributed by atoms with Crippen LogP contribution in [0.3, 0.4) is 0 Å². The topological polar surface area (TPSA) is 110 Å². The number of benzene rings is 1. The number of nitro groups is 1. The molecule has 1 aliphatic heterocycles. The number of non-ortho nitro benzene ring substituents is 1. The van der Waals surface area contributed by atoms with Gasteiger partial charge in [0.25, 0.3) is 5.69 Å². The van der Waals surface area contributed by atoms with Gasteiger partial charge in [-0.3, -0.25) is 10.1 Å². The molecule has 0 bridgehead atoms. The second-order valence-electron chi connectivity index (χ2n) is 7.84. The minimum absolute atomic E-state index is 0.0515. The summed E-state index contributed by atoms with van der Waals surface area (Å²) in [5.74, 6) is 3.11. The van der Waals surface area contributed by atoms with E-state index in [0.717, 1.165) is 60.3 Å². The lowest BCUT2D eigenvalue weighted by Gasteiger charge is -2.33. The van der Waals surface area contributed by atoms with Crippen LogP contribution >= 0.6 is 0 Å². The van der Waals surface area contributed by atoms with Crippen LogP contribution in [-0.4, -0.2) is 44.0 Å². The number of rotatable bonds is 5. The monoisotopic (exact) mass is 419 g/mol. The van der Waals surface area contributed by atoms with Gasteiger partial charge in [-0.2, -0.15) is 0 Å². The van der Waals surface area contributed by atoms with Crippen LogP contribution in [0.2, 0.25) is 0 Å². The highest BCUT2D eigenvalue weighted by Crippen LogP contribution is 2.24. The van der Waals surface area contributed by atoms with Crippen molar-refractivity contribution in [1.29, 1.82) is 0 Å². The molecule has 1 saturated heterocycles. The van der Waals surface area contributed by atoms with Crippen LogP contribution in [0.5, 0.6) is 0 Å². The summed E-state index contributed by atoms with van der Waals surface area (Å²) in [7, 11) is 0. The number of anilines is 2. The molecule has 0 amide bonds. The highest BCUT2D eigenvalue weighted by Gasteiger charge is 2.21. The van der Waals surface area contributed by atoms with Gasteiger partial charge in [0.1, 0.15) is 17.5 Å². The third-order valence-electron chi connectivity index (χ3n) is 5.31. The van der Waals surface area contributed by atoms with E-state index < -0.39 is 4.92 Å². The fourth-order valence-corrected chi connectivity index (χ4v) is 3.83. The lowest BCUT2D eigenvalue weighted by Crippen LogP contribution is -2.39. The zero-order valence-corrected chi connectivity index (χ0v) is 17.9. The normalized spacial score (nSPS) is 14.5. The summed E-state index contributed by atoms with van der Waals surface area (Å²) in [6.45, 7) is 7.65. The van der Waals surface area contributed by atoms with Crippen LogP contribution in [-0.2, 0) is 0 Å². The summed E-state index contributed by atoms with van der Waals surface area (Å²) in [6, 6.07) is 10.6. The van der Waals surface area contributed by atoms with Crippen LogP contribution in [0.15, 0.2) is 36.4 Å². The van der Waals surface area contributed by atoms with E-state index in [1.165, 1.54) is 12.1 Å². The average Bonchev–Trinajstić information content (AvgIpc) is 2.73. The van der Waals surface area contributed by atoms with Gasteiger partial charge in [-0.05, 0) is 45.7 Å². The van der Waals surface area contributed by atoms with Gasteiger partial charge in [0, 0.05) is 60.3 Å². The fraction of sp³-hybridized carbons (Fsp3) is 0.364. The summed E-state index contributed by atoms with van der Waals surface area (Å²) in [5.41, 5.74) is 2.63. The molecular weight excluding hydrogens is 394 g/mol. The summed E-state index contributed by atoms with van der Waals surface area (Å²) < 4.78 is 0. The number of nitro benzene ring substituents is 1. The molecule has 160 valence electrons. The Morgan fingerprint density at radius 1 is 0.968 bits per heavy atom. The van der Waals surface area contributed by atoms with Gasteiger partial charge < -0.3 is 10.2 Å². The van der Waals surface area contributed by atoms with Crippen LogP contribution in [0.1, 0.15) is 30.1 Å². The number of aromatic nitrogens is 4. The molecule has 0 radical (unpaired) electrons. The maximum Gasteiger partial charge on any atom is 0.269 e. The molecule has 0 spiro atoms. The van der Waals surface area contributed by atoms with Crippen molar-refractivity contribution in [3.63, 3.8) is 0 Å². The third kappa shape index (κ3) is 4.93. The number of piperidine rings is 1. The van der Waals surface area contributed by atoms with Crippen molar-refractivity contribution in [3.8, 4) is 11.4 Å². The van der Waals surface area contributed by atoms with Crippen molar-refractivity contribution in [2.45, 2.75) is 39.7 Å². The van der Waals surface area contributed by atoms with Crippen molar-refractivity contribution < 1.29 is 4.92 Å². The van der Waals surface area contributed by atoms with E-state index in [-0.39, 0.29) is 5.69 Å². The minimum Gasteiger partial charge on any atom is -0.367 e. The zero-order valence-electron chi connectivity index (χ0n) is 17.9. The van der Waals surface area contributed by atoms with E-state index in [9.17, 15) is 10.1 Å². The minimum atomic E-state index is -0.412. The van der Waals surface area contributed by atoms with Crippen LogP contribution in [0, 0.1) is 30.9 Å². The van der Waals surface area contributed by atoms with Crippen molar-refractivity contribution in [1.82, 2.24) is 19.9 Å². The molecule has 2 aromatic heterocycles. The van der Waals surface area contributed by atoms with Gasteiger partial charge in [-0.1, -0.05) is 0 Å². The lowest BCUT2D eigenvalue weighted by molar-refractivity contribution is -0.384. The molecule has 1 aromatic carbocycles. The van der Waals surface area contributed by atoms with Crippen molar-refractivity contribution >= 4 is 17.3 Å². The second kappa shape index (κ2) is 8.63. The number of hydrogen-bond acceptors (Lipinski definition) is 8. The lowest BCUT2D eigenvalue weighted by atomic mass is 10.0. The first-order chi connectivity index (χ1) is 14.9. The van der Waals surface area contributed by atoms with Crippen molar-refractivity contribution in [3.05, 3.63) is 63.7 Å². The molecule has 9 heteroatoms. The highest BCUT2D eigenvalue weighted by molar-refractivity contribution is 5.59. The Labute approximate surface area is 180 Å². The van der Waals surface area contributed by atoms with Gasteiger partial charge in [0.2, 0.25) is 0 Å². The van der Waals surface area contributed by atoms with Gasteiger partial charge in [-0.25, -0.2) is 19.9 Å². The molecule has 9 nitrogen and oxygen atoms in total. The van der Waals surface area contributed by atoms with E-state index in [0.29, 0.717) is 11.9 Å². The van der Waals surface area contributed by atoms with E-state index >= 15 is 0 Å². The SMILES string of the molecule is Cc1cc(N2CCC(Nc3cc(C)nc(-c4ccc([N+](=O)[O-])cc4)n3)CC2)nc(C)n1. The summed E-state index contributed by atoms with van der Waals surface area (Å²) in [5, 5.41) is 14.4. The molecule has 1 fully saturated rings. The van der Waals surface area contributed by atoms with Crippen LogP contribution in [0.4, 0.5) is 17.3 Å². The summed E-state index contributed by atoms with van der Waals surface area (Å²) in [6.07, 6.45) is 1.94. The van der Waals surface area contributed by atoms with Crippen molar-refractivity contribution in [2.24, 2.45) is 0 Å². The molecule has 3 heterocycles. The molecule has 0 unspecified atom stereocenters. The van der Waals surface area contributed by atoms with E-state index in [1.807, 2.05) is 32.9 Å². The Hall–Kier alpha value is -3.62. The quantitative estimate of drug-likeness (QED) is 0.490. The maximum absolute atomic E-state index is 10.9. The first-order valence-electron chi connectivity index (χ1n) is 10.3.